The van der Waals surface area contributed by atoms with Crippen LogP contribution in [0.15, 0.2) is 35.1 Å². The van der Waals surface area contributed by atoms with Crippen LogP contribution in [0.25, 0.3) is 10.9 Å². The minimum atomic E-state index is -1.05. The fraction of sp³-hybridized carbons (Fsp3) is 0.294. The van der Waals surface area contributed by atoms with Crippen molar-refractivity contribution in [3.8, 4) is 0 Å². The minimum absolute atomic E-state index is 0.00252. The smallest absolute Gasteiger partial charge is 0.290 e. The molecule has 3 heterocycles. The Labute approximate surface area is 147 Å². The van der Waals surface area contributed by atoms with E-state index in [4.69, 9.17) is 5.11 Å². The second-order valence-electron chi connectivity index (χ2n) is 6.14. The molecule has 134 valence electrons. The number of hydrogen-bond acceptors (Lipinski definition) is 6. The van der Waals surface area contributed by atoms with Gasteiger partial charge in [-0.05, 0) is 18.2 Å². The second kappa shape index (κ2) is 6.36. The Kier molecular flexibility index (Phi) is 4.02. The number of nitrogens with one attached hydrogen (secondary N) is 1. The zero-order valence-corrected chi connectivity index (χ0v) is 13.8. The van der Waals surface area contributed by atoms with Crippen LogP contribution in [0.1, 0.15) is 28.1 Å². The molecule has 3 aromatic rings. The standard InChI is InChI=1S/C17H17N5O4/c23-9-14(24)13-7-10-8-21(5-6-22(10)20-13)17(26)15-18-12-4-2-1-3-11(12)16(25)19-15/h1-4,7,14,23-24H,5-6,8-9H2,(H,18,19,25)/t14-/m1/s1. The summed E-state index contributed by atoms with van der Waals surface area (Å²) >= 11 is 0. The quantitative estimate of drug-likeness (QED) is 0.598. The van der Waals surface area contributed by atoms with E-state index in [2.05, 4.69) is 15.1 Å². The number of amides is 1. The number of aliphatic hydroxyl groups excluding tert-OH is 2. The maximum atomic E-state index is 12.8. The molecule has 0 saturated heterocycles. The molecule has 0 unspecified atom stereocenters. The van der Waals surface area contributed by atoms with Gasteiger partial charge in [-0.2, -0.15) is 5.10 Å². The molecule has 26 heavy (non-hydrogen) atoms. The molecular weight excluding hydrogens is 338 g/mol. The first-order valence-corrected chi connectivity index (χ1v) is 8.20. The number of rotatable bonds is 3. The van der Waals surface area contributed by atoms with Gasteiger partial charge in [0.25, 0.3) is 11.5 Å². The number of carbonyl (C=O) groups is 1. The van der Waals surface area contributed by atoms with Crippen molar-refractivity contribution in [1.29, 1.82) is 0 Å². The van der Waals surface area contributed by atoms with Crippen molar-refractivity contribution >= 4 is 16.8 Å². The topological polar surface area (TPSA) is 124 Å². The van der Waals surface area contributed by atoms with Crippen molar-refractivity contribution in [2.24, 2.45) is 0 Å². The van der Waals surface area contributed by atoms with E-state index < -0.39 is 12.7 Å². The van der Waals surface area contributed by atoms with Crippen molar-refractivity contribution in [1.82, 2.24) is 24.6 Å². The van der Waals surface area contributed by atoms with E-state index in [0.29, 0.717) is 29.7 Å². The van der Waals surface area contributed by atoms with Crippen molar-refractivity contribution in [2.75, 3.05) is 13.2 Å². The Morgan fingerprint density at radius 2 is 2.12 bits per heavy atom. The van der Waals surface area contributed by atoms with Crippen LogP contribution in [0.2, 0.25) is 0 Å². The van der Waals surface area contributed by atoms with E-state index in [9.17, 15) is 14.7 Å². The molecule has 1 aromatic carbocycles. The van der Waals surface area contributed by atoms with Gasteiger partial charge >= 0.3 is 0 Å². The van der Waals surface area contributed by atoms with Gasteiger partial charge in [0, 0.05) is 6.54 Å². The Bertz CT molecular complexity index is 1040. The van der Waals surface area contributed by atoms with Gasteiger partial charge < -0.3 is 20.1 Å². The lowest BCUT2D eigenvalue weighted by atomic mass is 10.2. The molecule has 0 bridgehead atoms. The number of carbonyl (C=O) groups excluding carboxylic acids is 1. The molecule has 0 fully saturated rings. The monoisotopic (exact) mass is 355 g/mol. The Morgan fingerprint density at radius 3 is 2.92 bits per heavy atom. The summed E-state index contributed by atoms with van der Waals surface area (Å²) in [6.07, 6.45) is -1.05. The lowest BCUT2D eigenvalue weighted by molar-refractivity contribution is 0.0692. The third kappa shape index (κ3) is 2.76. The normalized spacial score (nSPS) is 15.1. The van der Waals surface area contributed by atoms with Crippen molar-refractivity contribution in [3.63, 3.8) is 0 Å². The number of aliphatic hydroxyl groups is 2. The molecular formula is C17H17N5O4. The summed E-state index contributed by atoms with van der Waals surface area (Å²) in [5.41, 5.74) is 1.23. The van der Waals surface area contributed by atoms with Gasteiger partial charge in [-0.1, -0.05) is 12.1 Å². The fourth-order valence-corrected chi connectivity index (χ4v) is 3.06. The summed E-state index contributed by atoms with van der Waals surface area (Å²) < 4.78 is 1.70. The lowest BCUT2D eigenvalue weighted by Crippen LogP contribution is -2.39. The summed E-state index contributed by atoms with van der Waals surface area (Å²) in [5, 5.41) is 23.4. The lowest BCUT2D eigenvalue weighted by Gasteiger charge is -2.27. The molecule has 1 amide bonds. The van der Waals surface area contributed by atoms with Crippen molar-refractivity contribution in [3.05, 3.63) is 57.9 Å². The predicted octanol–water partition coefficient (Wildman–Crippen LogP) is -0.199. The molecule has 0 radical (unpaired) electrons. The number of H-pyrrole nitrogens is 1. The maximum Gasteiger partial charge on any atom is 0.290 e. The van der Waals surface area contributed by atoms with Crippen LogP contribution in [-0.4, -0.2) is 53.9 Å². The van der Waals surface area contributed by atoms with Crippen LogP contribution in [-0.2, 0) is 13.1 Å². The highest BCUT2D eigenvalue weighted by Gasteiger charge is 2.26. The number of fused-ring (bicyclic) bond motifs is 2. The summed E-state index contributed by atoms with van der Waals surface area (Å²) in [7, 11) is 0. The predicted molar refractivity (Wildman–Crippen MR) is 91.4 cm³/mol. The average molecular weight is 355 g/mol. The van der Waals surface area contributed by atoms with Crippen LogP contribution >= 0.6 is 0 Å². The number of benzene rings is 1. The Balaban J connectivity index is 1.62. The largest absolute Gasteiger partial charge is 0.393 e. The number of hydrogen-bond donors (Lipinski definition) is 3. The van der Waals surface area contributed by atoms with Gasteiger partial charge in [-0.3, -0.25) is 14.3 Å². The SMILES string of the molecule is O=C(c1nc2ccccc2c(=O)[nH]1)N1CCn2nc([C@H](O)CO)cc2C1. The molecule has 0 spiro atoms. The zero-order chi connectivity index (χ0) is 18.3. The highest BCUT2D eigenvalue weighted by Crippen LogP contribution is 2.19. The summed E-state index contributed by atoms with van der Waals surface area (Å²) in [6.45, 7) is 0.720. The summed E-state index contributed by atoms with van der Waals surface area (Å²) in [5.74, 6) is -0.373. The first-order valence-electron chi connectivity index (χ1n) is 8.20. The van der Waals surface area contributed by atoms with Gasteiger partial charge in [0.1, 0.15) is 6.10 Å². The second-order valence-corrected chi connectivity index (χ2v) is 6.14. The van der Waals surface area contributed by atoms with Crippen LogP contribution in [0.5, 0.6) is 0 Å². The highest BCUT2D eigenvalue weighted by molar-refractivity contribution is 5.92. The van der Waals surface area contributed by atoms with Gasteiger partial charge in [-0.25, -0.2) is 4.98 Å². The van der Waals surface area contributed by atoms with Crippen LogP contribution in [0, 0.1) is 0 Å². The summed E-state index contributed by atoms with van der Waals surface area (Å²) in [4.78, 5) is 33.3. The third-order valence-electron chi connectivity index (χ3n) is 4.43. The van der Waals surface area contributed by atoms with E-state index in [-0.39, 0.29) is 23.8 Å². The van der Waals surface area contributed by atoms with E-state index in [1.807, 2.05) is 0 Å². The van der Waals surface area contributed by atoms with Crippen LogP contribution in [0.4, 0.5) is 0 Å². The van der Waals surface area contributed by atoms with Crippen LogP contribution < -0.4 is 5.56 Å². The first-order chi connectivity index (χ1) is 12.6. The molecule has 4 rings (SSSR count). The molecule has 1 aliphatic heterocycles. The Hall–Kier alpha value is -3.04. The summed E-state index contributed by atoms with van der Waals surface area (Å²) in [6, 6.07) is 8.51. The number of para-hydroxylation sites is 1. The molecule has 0 aliphatic carbocycles. The van der Waals surface area contributed by atoms with Gasteiger partial charge in [-0.15, -0.1) is 0 Å². The Morgan fingerprint density at radius 1 is 1.31 bits per heavy atom. The van der Waals surface area contributed by atoms with Gasteiger partial charge in [0.2, 0.25) is 0 Å². The third-order valence-corrected chi connectivity index (χ3v) is 4.43. The minimum Gasteiger partial charge on any atom is -0.393 e. The maximum absolute atomic E-state index is 12.8. The van der Waals surface area contributed by atoms with Gasteiger partial charge in [0.05, 0.1) is 42.0 Å². The van der Waals surface area contributed by atoms with Crippen molar-refractivity contribution < 1.29 is 15.0 Å². The van der Waals surface area contributed by atoms with E-state index in [1.54, 1.807) is 39.9 Å². The van der Waals surface area contributed by atoms with E-state index in [1.165, 1.54) is 0 Å². The zero-order valence-electron chi connectivity index (χ0n) is 13.8. The molecule has 3 N–H and O–H groups in total. The average Bonchev–Trinajstić information content (AvgIpc) is 3.10. The molecule has 0 saturated carbocycles. The fourth-order valence-electron chi connectivity index (χ4n) is 3.06. The van der Waals surface area contributed by atoms with Crippen molar-refractivity contribution in [2.45, 2.75) is 19.2 Å². The first kappa shape index (κ1) is 16.4. The molecule has 1 aliphatic rings. The molecule has 1 atom stereocenters. The molecule has 9 heteroatoms. The van der Waals surface area contributed by atoms with E-state index in [0.717, 1.165) is 5.69 Å². The number of aromatic amines is 1. The number of nitrogens with zero attached hydrogens (tertiary/aromatic N) is 4. The number of aromatic nitrogens is 4. The van der Waals surface area contributed by atoms with E-state index >= 15 is 0 Å². The van der Waals surface area contributed by atoms with Crippen LogP contribution in [0.3, 0.4) is 0 Å². The molecule has 2 aromatic heterocycles. The molecule has 9 nitrogen and oxygen atoms in total. The van der Waals surface area contributed by atoms with Gasteiger partial charge in [0.15, 0.2) is 5.82 Å². The highest BCUT2D eigenvalue weighted by atomic mass is 16.3.